The number of anilines is 1. The van der Waals surface area contributed by atoms with Crippen molar-refractivity contribution < 1.29 is 19.1 Å². The first kappa shape index (κ1) is 27.7. The van der Waals surface area contributed by atoms with Crippen molar-refractivity contribution >= 4 is 39.6 Å². The number of carbonyl (C=O) groups is 2. The van der Waals surface area contributed by atoms with E-state index in [1.54, 1.807) is 18.2 Å². The molecule has 1 atom stereocenters. The van der Waals surface area contributed by atoms with Crippen LogP contribution in [0.4, 0.5) is 5.69 Å². The van der Waals surface area contributed by atoms with E-state index < -0.39 is 11.9 Å². The Bertz CT molecular complexity index is 1310. The average Bonchev–Trinajstić information content (AvgIpc) is 3.34. The Kier molecular flexibility index (Phi) is 8.76. The number of hydrogen-bond acceptors (Lipinski definition) is 8. The first-order valence-electron chi connectivity index (χ1n) is 12.7. The molecule has 2 heterocycles. The molecule has 4 rings (SSSR count). The van der Waals surface area contributed by atoms with Crippen molar-refractivity contribution in [2.45, 2.75) is 32.2 Å². The Morgan fingerprint density at radius 1 is 1.13 bits per heavy atom. The van der Waals surface area contributed by atoms with E-state index in [2.05, 4.69) is 20.7 Å². The summed E-state index contributed by atoms with van der Waals surface area (Å²) in [5.41, 5.74) is 0.624. The van der Waals surface area contributed by atoms with Crippen LogP contribution in [-0.2, 0) is 14.9 Å². The van der Waals surface area contributed by atoms with Gasteiger partial charge in [0.1, 0.15) is 17.2 Å². The number of fused-ring (bicyclic) bond motifs is 1. The van der Waals surface area contributed by atoms with Gasteiger partial charge in [-0.1, -0.05) is 56.3 Å². The Labute approximate surface area is 226 Å². The fourth-order valence-electron chi connectivity index (χ4n) is 4.35. The average molecular weight is 539 g/mol. The zero-order valence-corrected chi connectivity index (χ0v) is 23.0. The molecule has 0 saturated carbocycles. The molecule has 202 valence electrons. The molecule has 10 heteroatoms. The van der Waals surface area contributed by atoms with Crippen LogP contribution >= 0.6 is 11.3 Å². The van der Waals surface area contributed by atoms with Gasteiger partial charge in [-0.15, -0.1) is 16.2 Å². The molecule has 3 aromatic rings. The quantitative estimate of drug-likeness (QED) is 0.382. The molecular formula is C28H34N4O5S. The summed E-state index contributed by atoms with van der Waals surface area (Å²) >= 11 is 1.32. The highest BCUT2D eigenvalue weighted by Gasteiger charge is 2.28. The fourth-order valence-corrected chi connectivity index (χ4v) is 5.47. The second kappa shape index (κ2) is 12.0. The van der Waals surface area contributed by atoms with Crippen LogP contribution in [0.1, 0.15) is 46.9 Å². The van der Waals surface area contributed by atoms with Crippen molar-refractivity contribution in [1.29, 1.82) is 0 Å². The number of rotatable bonds is 9. The number of nitroso groups, excluding NO2 is 1. The summed E-state index contributed by atoms with van der Waals surface area (Å²) in [5, 5.41) is 10.1. The Hall–Kier alpha value is -3.34. The summed E-state index contributed by atoms with van der Waals surface area (Å²) in [5.74, 6) is -0.229. The lowest BCUT2D eigenvalue weighted by atomic mass is 9.94. The number of amides is 2. The Balaban J connectivity index is 1.58. The number of thiophene rings is 1. The minimum absolute atomic E-state index is 0.216. The largest absolute Gasteiger partial charge is 0.492 e. The molecule has 0 spiro atoms. The Morgan fingerprint density at radius 3 is 2.50 bits per heavy atom. The van der Waals surface area contributed by atoms with Crippen LogP contribution in [0.3, 0.4) is 0 Å². The SMILES string of the molecule is CNC(=O)c1sc(C(C)(C)C)cc1NC(=O)C(N=O)c1ccc(OCCN2CCOCC2)c2ccccc12. The molecule has 38 heavy (non-hydrogen) atoms. The minimum Gasteiger partial charge on any atom is -0.492 e. The van der Waals surface area contributed by atoms with Crippen LogP contribution in [0.15, 0.2) is 47.6 Å². The maximum absolute atomic E-state index is 13.4. The normalized spacial score (nSPS) is 15.2. The second-order valence-electron chi connectivity index (χ2n) is 10.2. The first-order chi connectivity index (χ1) is 18.2. The molecule has 1 aliphatic heterocycles. The summed E-state index contributed by atoms with van der Waals surface area (Å²) in [4.78, 5) is 41.5. The summed E-state index contributed by atoms with van der Waals surface area (Å²) < 4.78 is 11.5. The van der Waals surface area contributed by atoms with Gasteiger partial charge < -0.3 is 20.1 Å². The molecule has 9 nitrogen and oxygen atoms in total. The van der Waals surface area contributed by atoms with Crippen LogP contribution in [0.5, 0.6) is 5.75 Å². The summed E-state index contributed by atoms with van der Waals surface area (Å²) in [6, 6.07) is 11.5. The number of hydrogen-bond donors (Lipinski definition) is 2. The zero-order chi connectivity index (χ0) is 27.3. The minimum atomic E-state index is -1.31. The van der Waals surface area contributed by atoms with Crippen LogP contribution < -0.4 is 15.4 Å². The third kappa shape index (κ3) is 6.20. The monoisotopic (exact) mass is 538 g/mol. The molecule has 2 aromatic carbocycles. The molecule has 1 aromatic heterocycles. The van der Waals surface area contributed by atoms with Crippen molar-refractivity contribution in [3.63, 3.8) is 0 Å². The summed E-state index contributed by atoms with van der Waals surface area (Å²) in [7, 11) is 1.54. The Morgan fingerprint density at radius 2 is 1.84 bits per heavy atom. The van der Waals surface area contributed by atoms with Gasteiger partial charge in [0.15, 0.2) is 6.04 Å². The number of morpholine rings is 1. The highest BCUT2D eigenvalue weighted by Crippen LogP contribution is 2.37. The smallest absolute Gasteiger partial charge is 0.263 e. The van der Waals surface area contributed by atoms with E-state index in [4.69, 9.17) is 9.47 Å². The molecule has 1 aliphatic rings. The lowest BCUT2D eigenvalue weighted by Crippen LogP contribution is -2.38. The van der Waals surface area contributed by atoms with Gasteiger partial charge >= 0.3 is 0 Å². The highest BCUT2D eigenvalue weighted by atomic mass is 32.1. The summed E-state index contributed by atoms with van der Waals surface area (Å²) in [6.07, 6.45) is 0. The fraction of sp³-hybridized carbons (Fsp3) is 0.429. The van der Waals surface area contributed by atoms with Crippen molar-refractivity contribution in [2.24, 2.45) is 5.18 Å². The van der Waals surface area contributed by atoms with E-state index in [1.807, 2.05) is 45.0 Å². The zero-order valence-electron chi connectivity index (χ0n) is 22.2. The number of nitrogens with one attached hydrogen (secondary N) is 2. The third-order valence-corrected chi connectivity index (χ3v) is 8.06. The molecule has 1 saturated heterocycles. The number of ether oxygens (including phenoxy) is 2. The van der Waals surface area contributed by atoms with Crippen molar-refractivity contribution in [2.75, 3.05) is 51.8 Å². The molecule has 2 N–H and O–H groups in total. The number of carbonyl (C=O) groups excluding carboxylic acids is 2. The maximum atomic E-state index is 13.4. The standard InChI is InChI=1S/C28H34N4O5S/c1-28(2,3)23-17-21(25(38-23)27(34)29-4)30-26(33)24(31-35)20-9-10-22(19-8-6-5-7-18(19)20)37-16-13-32-11-14-36-15-12-32/h5-10,17,24H,11-16H2,1-4H3,(H,29,34)(H,30,33). The topological polar surface area (TPSA) is 109 Å². The van der Waals surface area contributed by atoms with Gasteiger partial charge in [0, 0.05) is 36.9 Å². The van der Waals surface area contributed by atoms with Crippen LogP contribution in [0, 0.1) is 4.91 Å². The maximum Gasteiger partial charge on any atom is 0.263 e. The molecular weight excluding hydrogens is 504 g/mol. The van der Waals surface area contributed by atoms with E-state index in [1.165, 1.54) is 18.4 Å². The molecule has 0 radical (unpaired) electrons. The van der Waals surface area contributed by atoms with E-state index in [0.717, 1.165) is 43.1 Å². The van der Waals surface area contributed by atoms with Gasteiger partial charge in [-0.2, -0.15) is 0 Å². The predicted octanol–water partition coefficient (Wildman–Crippen LogP) is 4.72. The highest BCUT2D eigenvalue weighted by molar-refractivity contribution is 7.14. The van der Waals surface area contributed by atoms with E-state index in [-0.39, 0.29) is 11.3 Å². The third-order valence-electron chi connectivity index (χ3n) is 6.50. The van der Waals surface area contributed by atoms with Crippen molar-refractivity contribution in [3.8, 4) is 5.75 Å². The number of nitrogens with zero attached hydrogens (tertiary/aromatic N) is 2. The molecule has 0 aliphatic carbocycles. The van der Waals surface area contributed by atoms with Gasteiger partial charge in [0.2, 0.25) is 0 Å². The van der Waals surface area contributed by atoms with Crippen LogP contribution in [0.2, 0.25) is 0 Å². The van der Waals surface area contributed by atoms with Gasteiger partial charge in [0.05, 0.1) is 18.9 Å². The van der Waals surface area contributed by atoms with Gasteiger partial charge in [-0.3, -0.25) is 14.5 Å². The lowest BCUT2D eigenvalue weighted by Gasteiger charge is -2.26. The van der Waals surface area contributed by atoms with Gasteiger partial charge in [-0.05, 0) is 28.5 Å². The lowest BCUT2D eigenvalue weighted by molar-refractivity contribution is -0.117. The van der Waals surface area contributed by atoms with Gasteiger partial charge in [-0.25, -0.2) is 0 Å². The first-order valence-corrected chi connectivity index (χ1v) is 13.5. The predicted molar refractivity (Wildman–Crippen MR) is 150 cm³/mol. The van der Waals surface area contributed by atoms with Gasteiger partial charge in [0.25, 0.3) is 11.8 Å². The molecule has 2 amide bonds. The van der Waals surface area contributed by atoms with Crippen LogP contribution in [0.25, 0.3) is 10.8 Å². The van der Waals surface area contributed by atoms with Crippen molar-refractivity contribution in [3.05, 3.63) is 62.7 Å². The van der Waals surface area contributed by atoms with E-state index in [9.17, 15) is 14.5 Å². The molecule has 0 bridgehead atoms. The van der Waals surface area contributed by atoms with E-state index >= 15 is 0 Å². The second-order valence-corrected chi connectivity index (χ2v) is 11.2. The molecule has 1 unspecified atom stereocenters. The van der Waals surface area contributed by atoms with Crippen LogP contribution in [-0.4, -0.2) is 63.2 Å². The van der Waals surface area contributed by atoms with Crippen molar-refractivity contribution in [1.82, 2.24) is 10.2 Å². The molecule has 1 fully saturated rings. The number of benzene rings is 2. The summed E-state index contributed by atoms with van der Waals surface area (Å²) in [6.45, 7) is 10.6. The van der Waals surface area contributed by atoms with E-state index in [0.29, 0.717) is 33.9 Å².